The summed E-state index contributed by atoms with van der Waals surface area (Å²) in [7, 11) is 0. The number of nitrogens with one attached hydrogen (secondary N) is 2. The minimum Gasteiger partial charge on any atom is -0.343 e. The summed E-state index contributed by atoms with van der Waals surface area (Å²) < 4.78 is 0. The lowest BCUT2D eigenvalue weighted by molar-refractivity contribution is -0.134. The van der Waals surface area contributed by atoms with Gasteiger partial charge >= 0.3 is 0 Å². The third-order valence-electron chi connectivity index (χ3n) is 6.20. The van der Waals surface area contributed by atoms with Crippen molar-refractivity contribution in [3.05, 3.63) is 84.6 Å². The van der Waals surface area contributed by atoms with Crippen molar-refractivity contribution in [3.63, 3.8) is 0 Å². The number of nitrogens with two attached hydrogens (primary N) is 3. The molecule has 1 aromatic heterocycles. The van der Waals surface area contributed by atoms with Gasteiger partial charge in [-0.25, -0.2) is 4.98 Å². The lowest BCUT2D eigenvalue weighted by Crippen LogP contribution is -2.52. The van der Waals surface area contributed by atoms with Crippen molar-refractivity contribution in [3.8, 4) is 11.1 Å². The van der Waals surface area contributed by atoms with Gasteiger partial charge in [0.25, 0.3) is 0 Å². The molecule has 39 heavy (non-hydrogen) atoms. The van der Waals surface area contributed by atoms with Crippen molar-refractivity contribution in [2.75, 3.05) is 31.5 Å². The molecule has 0 saturated carbocycles. The molecule has 0 saturated heterocycles. The highest BCUT2D eigenvalue weighted by Crippen LogP contribution is 2.19. The highest BCUT2D eigenvalue weighted by molar-refractivity contribution is 5.98. The van der Waals surface area contributed by atoms with Crippen molar-refractivity contribution in [2.45, 2.75) is 31.3 Å². The first-order chi connectivity index (χ1) is 18.9. The second kappa shape index (κ2) is 15.3. The SMILES string of the molecule is NCCN(CCN)C(=O)CC(N)C(=O)NC(CCc1ccccc1)C(=O)Nc1ccc(-c2ccccc2)cn1. The molecule has 0 aliphatic carbocycles. The van der Waals surface area contributed by atoms with Crippen LogP contribution in [-0.4, -0.2) is 65.9 Å². The van der Waals surface area contributed by atoms with Crippen molar-refractivity contribution in [1.82, 2.24) is 15.2 Å². The molecule has 3 rings (SSSR count). The van der Waals surface area contributed by atoms with E-state index in [2.05, 4.69) is 15.6 Å². The molecule has 3 aromatic rings. The lowest BCUT2D eigenvalue weighted by atomic mass is 10.0. The summed E-state index contributed by atoms with van der Waals surface area (Å²) in [5, 5.41) is 5.51. The van der Waals surface area contributed by atoms with Gasteiger partial charge in [-0.15, -0.1) is 0 Å². The van der Waals surface area contributed by atoms with E-state index in [4.69, 9.17) is 17.2 Å². The summed E-state index contributed by atoms with van der Waals surface area (Å²) in [5.41, 5.74) is 20.2. The van der Waals surface area contributed by atoms with Gasteiger partial charge in [0.15, 0.2) is 0 Å². The molecular formula is C29H37N7O3. The van der Waals surface area contributed by atoms with Crippen molar-refractivity contribution < 1.29 is 14.4 Å². The maximum Gasteiger partial charge on any atom is 0.248 e. The Hall–Kier alpha value is -4.12. The second-order valence-corrected chi connectivity index (χ2v) is 9.14. The van der Waals surface area contributed by atoms with Crippen LogP contribution in [0.4, 0.5) is 5.82 Å². The van der Waals surface area contributed by atoms with Crippen LogP contribution in [0.3, 0.4) is 0 Å². The van der Waals surface area contributed by atoms with E-state index in [1.54, 1.807) is 12.3 Å². The molecule has 2 aromatic carbocycles. The number of amides is 3. The lowest BCUT2D eigenvalue weighted by Gasteiger charge is -2.24. The molecule has 0 aliphatic rings. The zero-order valence-corrected chi connectivity index (χ0v) is 22.0. The highest BCUT2D eigenvalue weighted by Gasteiger charge is 2.26. The predicted molar refractivity (Wildman–Crippen MR) is 152 cm³/mol. The van der Waals surface area contributed by atoms with Gasteiger partial charge in [0.2, 0.25) is 17.7 Å². The van der Waals surface area contributed by atoms with Crippen molar-refractivity contribution in [2.24, 2.45) is 17.2 Å². The average molecular weight is 532 g/mol. The maximum absolute atomic E-state index is 13.2. The molecular weight excluding hydrogens is 494 g/mol. The molecule has 3 amide bonds. The smallest absolute Gasteiger partial charge is 0.248 e. The minimum absolute atomic E-state index is 0.221. The largest absolute Gasteiger partial charge is 0.343 e. The molecule has 8 N–H and O–H groups in total. The van der Waals surface area contributed by atoms with Crippen LogP contribution in [0.2, 0.25) is 0 Å². The standard InChI is InChI=1S/C29H37N7O3/c30-15-17-36(18-16-31)27(37)19-24(32)28(38)34-25(13-11-21-7-3-1-4-8-21)29(39)35-26-14-12-23(20-33-26)22-9-5-2-6-10-22/h1-10,12,14,20,24-25H,11,13,15-19,30-32H2,(H,34,38)(H,33,35,39). The summed E-state index contributed by atoms with van der Waals surface area (Å²) in [4.78, 5) is 44.6. The van der Waals surface area contributed by atoms with E-state index in [9.17, 15) is 14.4 Å². The summed E-state index contributed by atoms with van der Waals surface area (Å²) in [5.74, 6) is -0.978. The molecule has 0 bridgehead atoms. The van der Waals surface area contributed by atoms with Gasteiger partial charge in [-0.2, -0.15) is 0 Å². The molecule has 0 fully saturated rings. The number of pyridine rings is 1. The first-order valence-corrected chi connectivity index (χ1v) is 13.0. The number of nitrogens with zero attached hydrogens (tertiary/aromatic N) is 2. The number of benzene rings is 2. The Kier molecular flexibility index (Phi) is 11.6. The van der Waals surface area contributed by atoms with Gasteiger partial charge in [-0.3, -0.25) is 14.4 Å². The molecule has 1 heterocycles. The summed E-state index contributed by atoms with van der Waals surface area (Å²) in [6.45, 7) is 1.19. The summed E-state index contributed by atoms with van der Waals surface area (Å²) >= 11 is 0. The molecule has 206 valence electrons. The van der Waals surface area contributed by atoms with Crippen LogP contribution in [0.15, 0.2) is 79.0 Å². The Bertz CT molecular complexity index is 1180. The molecule has 0 aliphatic heterocycles. The van der Waals surface area contributed by atoms with Crippen LogP contribution in [0.1, 0.15) is 18.4 Å². The fourth-order valence-electron chi connectivity index (χ4n) is 4.07. The van der Waals surface area contributed by atoms with Gasteiger partial charge in [-0.1, -0.05) is 60.7 Å². The first kappa shape index (κ1) is 29.4. The van der Waals surface area contributed by atoms with Crippen molar-refractivity contribution >= 4 is 23.5 Å². The van der Waals surface area contributed by atoms with Crippen LogP contribution < -0.4 is 27.8 Å². The van der Waals surface area contributed by atoms with Crippen LogP contribution in [0, 0.1) is 0 Å². The van der Waals surface area contributed by atoms with Crippen LogP contribution in [0.5, 0.6) is 0 Å². The number of carbonyl (C=O) groups is 3. The number of aromatic nitrogens is 1. The van der Waals surface area contributed by atoms with E-state index in [-0.39, 0.29) is 25.4 Å². The zero-order chi connectivity index (χ0) is 28.0. The van der Waals surface area contributed by atoms with Crippen LogP contribution in [0.25, 0.3) is 11.1 Å². The maximum atomic E-state index is 13.2. The van der Waals surface area contributed by atoms with E-state index >= 15 is 0 Å². The number of aryl methyl sites for hydroxylation is 1. The second-order valence-electron chi connectivity index (χ2n) is 9.14. The first-order valence-electron chi connectivity index (χ1n) is 13.0. The number of rotatable bonds is 14. The van der Waals surface area contributed by atoms with E-state index in [0.29, 0.717) is 31.7 Å². The van der Waals surface area contributed by atoms with E-state index in [1.807, 2.05) is 66.7 Å². The van der Waals surface area contributed by atoms with Gasteiger partial charge in [0.1, 0.15) is 11.9 Å². The predicted octanol–water partition coefficient (Wildman–Crippen LogP) is 1.27. The number of carbonyl (C=O) groups excluding carboxylic acids is 3. The Morgan fingerprint density at radius 2 is 1.46 bits per heavy atom. The monoisotopic (exact) mass is 531 g/mol. The molecule has 2 unspecified atom stereocenters. The Labute approximate surface area is 229 Å². The molecule has 0 spiro atoms. The fourth-order valence-corrected chi connectivity index (χ4v) is 4.07. The topological polar surface area (TPSA) is 169 Å². The van der Waals surface area contributed by atoms with Crippen molar-refractivity contribution in [1.29, 1.82) is 0 Å². The third kappa shape index (κ3) is 9.29. The average Bonchev–Trinajstić information content (AvgIpc) is 2.96. The Balaban J connectivity index is 1.67. The van der Waals surface area contributed by atoms with E-state index < -0.39 is 23.9 Å². The van der Waals surface area contributed by atoms with E-state index in [1.165, 1.54) is 4.90 Å². The molecule has 2 atom stereocenters. The van der Waals surface area contributed by atoms with Gasteiger partial charge in [-0.05, 0) is 36.1 Å². The summed E-state index contributed by atoms with van der Waals surface area (Å²) in [6, 6.07) is 21.0. The number of anilines is 1. The molecule has 10 heteroatoms. The molecule has 10 nitrogen and oxygen atoms in total. The summed E-state index contributed by atoms with van der Waals surface area (Å²) in [6.07, 6.45) is 2.34. The quantitative estimate of drug-likeness (QED) is 0.209. The number of hydrogen-bond acceptors (Lipinski definition) is 7. The van der Waals surface area contributed by atoms with Gasteiger partial charge in [0, 0.05) is 37.9 Å². The Morgan fingerprint density at radius 3 is 2.05 bits per heavy atom. The molecule has 0 radical (unpaired) electrons. The third-order valence-corrected chi connectivity index (χ3v) is 6.20. The highest BCUT2D eigenvalue weighted by atomic mass is 16.2. The normalized spacial score (nSPS) is 12.3. The van der Waals surface area contributed by atoms with Gasteiger partial charge < -0.3 is 32.7 Å². The fraction of sp³-hybridized carbons (Fsp3) is 0.310. The minimum atomic E-state index is -1.13. The number of hydrogen-bond donors (Lipinski definition) is 5. The van der Waals surface area contributed by atoms with Crippen LogP contribution >= 0.6 is 0 Å². The zero-order valence-electron chi connectivity index (χ0n) is 22.0. The van der Waals surface area contributed by atoms with Crippen LogP contribution in [-0.2, 0) is 20.8 Å². The van der Waals surface area contributed by atoms with E-state index in [0.717, 1.165) is 16.7 Å². The van der Waals surface area contributed by atoms with Gasteiger partial charge in [0.05, 0.1) is 12.5 Å². The Morgan fingerprint density at radius 1 is 0.821 bits per heavy atom.